The van der Waals surface area contributed by atoms with E-state index in [-0.39, 0.29) is 5.91 Å². The Morgan fingerprint density at radius 2 is 2.14 bits per heavy atom. The molecular formula is C17H15N3O. The van der Waals surface area contributed by atoms with Crippen molar-refractivity contribution in [3.8, 4) is 6.07 Å². The first-order valence-electron chi connectivity index (χ1n) is 6.56. The molecule has 1 N–H and O–H groups in total. The molecule has 0 unspecified atom stereocenters. The molecule has 2 rings (SSSR count). The number of nitrogens with zero attached hydrogens (tertiary/aromatic N) is 2. The fourth-order valence-corrected chi connectivity index (χ4v) is 1.82. The average molecular weight is 277 g/mol. The minimum atomic E-state index is -0.194. The summed E-state index contributed by atoms with van der Waals surface area (Å²) in [6, 6.07) is 14.8. The van der Waals surface area contributed by atoms with Gasteiger partial charge >= 0.3 is 0 Å². The number of hydrogen-bond acceptors (Lipinski definition) is 3. The molecule has 4 nitrogen and oxygen atoms in total. The van der Waals surface area contributed by atoms with E-state index in [9.17, 15) is 4.79 Å². The summed E-state index contributed by atoms with van der Waals surface area (Å²) in [5.41, 5.74) is 3.13. The molecule has 0 aliphatic rings. The third-order valence-corrected chi connectivity index (χ3v) is 2.83. The number of nitrogens with one attached hydrogen (secondary N) is 1. The third kappa shape index (κ3) is 4.59. The Hall–Kier alpha value is -2.93. The van der Waals surface area contributed by atoms with Gasteiger partial charge in [-0.1, -0.05) is 18.2 Å². The molecule has 0 radical (unpaired) electrons. The maximum absolute atomic E-state index is 11.7. The number of amides is 1. The minimum Gasteiger partial charge on any atom is -0.347 e. The highest BCUT2D eigenvalue weighted by molar-refractivity contribution is 5.91. The number of carbonyl (C=O) groups excluding carboxylic acids is 1. The van der Waals surface area contributed by atoms with Crippen molar-refractivity contribution in [1.82, 2.24) is 10.3 Å². The SMILES string of the molecule is Cc1cccc(CNC(=O)/C=C/c2cccc(C#N)c2)n1. The van der Waals surface area contributed by atoms with Crippen LogP contribution in [-0.4, -0.2) is 10.9 Å². The molecule has 0 saturated heterocycles. The summed E-state index contributed by atoms with van der Waals surface area (Å²) < 4.78 is 0. The molecule has 0 fully saturated rings. The van der Waals surface area contributed by atoms with Crippen LogP contribution in [0.5, 0.6) is 0 Å². The highest BCUT2D eigenvalue weighted by Gasteiger charge is 1.98. The number of rotatable bonds is 4. The summed E-state index contributed by atoms with van der Waals surface area (Å²) in [5, 5.41) is 11.6. The average Bonchev–Trinajstić information content (AvgIpc) is 2.51. The molecule has 4 heteroatoms. The number of aryl methyl sites for hydroxylation is 1. The molecule has 0 saturated carbocycles. The summed E-state index contributed by atoms with van der Waals surface area (Å²) >= 11 is 0. The lowest BCUT2D eigenvalue weighted by atomic mass is 10.1. The second-order valence-corrected chi connectivity index (χ2v) is 4.56. The minimum absolute atomic E-state index is 0.194. The molecular weight excluding hydrogens is 262 g/mol. The fourth-order valence-electron chi connectivity index (χ4n) is 1.82. The largest absolute Gasteiger partial charge is 0.347 e. The molecule has 1 aromatic heterocycles. The molecule has 1 heterocycles. The van der Waals surface area contributed by atoms with Crippen molar-refractivity contribution in [3.63, 3.8) is 0 Å². The lowest BCUT2D eigenvalue weighted by Crippen LogP contribution is -2.20. The van der Waals surface area contributed by atoms with Crippen LogP contribution in [0.15, 0.2) is 48.5 Å². The monoisotopic (exact) mass is 277 g/mol. The van der Waals surface area contributed by atoms with Crippen molar-refractivity contribution in [2.75, 3.05) is 0 Å². The molecule has 0 bridgehead atoms. The molecule has 21 heavy (non-hydrogen) atoms. The summed E-state index contributed by atoms with van der Waals surface area (Å²) in [4.78, 5) is 16.0. The van der Waals surface area contributed by atoms with E-state index in [1.165, 1.54) is 6.08 Å². The second kappa shape index (κ2) is 7.01. The molecule has 2 aromatic rings. The summed E-state index contributed by atoms with van der Waals surface area (Å²) in [5.74, 6) is -0.194. The maximum Gasteiger partial charge on any atom is 0.244 e. The smallest absolute Gasteiger partial charge is 0.244 e. The number of hydrogen-bond donors (Lipinski definition) is 1. The van der Waals surface area contributed by atoms with Gasteiger partial charge in [0.15, 0.2) is 0 Å². The number of aromatic nitrogens is 1. The Kier molecular flexibility index (Phi) is 4.84. The highest BCUT2D eigenvalue weighted by Crippen LogP contribution is 2.06. The van der Waals surface area contributed by atoms with Crippen LogP contribution in [0.25, 0.3) is 6.08 Å². The van der Waals surface area contributed by atoms with Gasteiger partial charge < -0.3 is 5.32 Å². The summed E-state index contributed by atoms with van der Waals surface area (Å²) in [6.07, 6.45) is 3.13. The van der Waals surface area contributed by atoms with Gasteiger partial charge in [0, 0.05) is 11.8 Å². The van der Waals surface area contributed by atoms with Crippen LogP contribution in [-0.2, 0) is 11.3 Å². The number of benzene rings is 1. The van der Waals surface area contributed by atoms with Gasteiger partial charge in [0.2, 0.25) is 5.91 Å². The second-order valence-electron chi connectivity index (χ2n) is 4.56. The van der Waals surface area contributed by atoms with Gasteiger partial charge in [0.1, 0.15) is 0 Å². The zero-order valence-corrected chi connectivity index (χ0v) is 11.7. The summed E-state index contributed by atoms with van der Waals surface area (Å²) in [7, 11) is 0. The fraction of sp³-hybridized carbons (Fsp3) is 0.118. The van der Waals surface area contributed by atoms with Crippen LogP contribution in [0.2, 0.25) is 0 Å². The zero-order valence-electron chi connectivity index (χ0n) is 11.7. The quantitative estimate of drug-likeness (QED) is 0.873. The Labute approximate surface area is 123 Å². The van der Waals surface area contributed by atoms with Gasteiger partial charge in [-0.05, 0) is 42.8 Å². The maximum atomic E-state index is 11.7. The van der Waals surface area contributed by atoms with Crippen LogP contribution < -0.4 is 5.32 Å². The highest BCUT2D eigenvalue weighted by atomic mass is 16.1. The van der Waals surface area contributed by atoms with E-state index < -0.39 is 0 Å². The predicted octanol–water partition coefficient (Wildman–Crippen LogP) is 2.59. The zero-order chi connectivity index (χ0) is 15.1. The van der Waals surface area contributed by atoms with E-state index in [1.807, 2.05) is 31.2 Å². The van der Waals surface area contributed by atoms with Crippen LogP contribution in [0, 0.1) is 18.3 Å². The van der Waals surface area contributed by atoms with E-state index in [1.54, 1.807) is 24.3 Å². The molecule has 0 atom stereocenters. The Morgan fingerprint density at radius 3 is 2.90 bits per heavy atom. The number of pyridine rings is 1. The van der Waals surface area contributed by atoms with Crippen LogP contribution in [0.1, 0.15) is 22.5 Å². The Bertz CT molecular complexity index is 714. The summed E-state index contributed by atoms with van der Waals surface area (Å²) in [6.45, 7) is 2.30. The van der Waals surface area contributed by atoms with Crippen molar-refractivity contribution >= 4 is 12.0 Å². The number of carbonyl (C=O) groups is 1. The van der Waals surface area contributed by atoms with E-state index in [2.05, 4.69) is 16.4 Å². The lowest BCUT2D eigenvalue weighted by molar-refractivity contribution is -0.116. The Morgan fingerprint density at radius 1 is 1.33 bits per heavy atom. The molecule has 0 aliphatic carbocycles. The lowest BCUT2D eigenvalue weighted by Gasteiger charge is -2.02. The van der Waals surface area contributed by atoms with Gasteiger partial charge in [0.05, 0.1) is 23.9 Å². The van der Waals surface area contributed by atoms with Crippen LogP contribution in [0.3, 0.4) is 0 Å². The Balaban J connectivity index is 1.92. The number of nitriles is 1. The molecule has 0 aliphatic heterocycles. The van der Waals surface area contributed by atoms with Crippen molar-refractivity contribution in [2.24, 2.45) is 0 Å². The molecule has 1 aromatic carbocycles. The first kappa shape index (κ1) is 14.5. The molecule has 1 amide bonds. The van der Waals surface area contributed by atoms with Gasteiger partial charge in [-0.3, -0.25) is 9.78 Å². The standard InChI is InChI=1S/C17H15N3O/c1-13-4-2-7-16(20-13)12-19-17(21)9-8-14-5-3-6-15(10-14)11-18/h2-10H,12H2,1H3,(H,19,21)/b9-8+. The van der Waals surface area contributed by atoms with Crippen molar-refractivity contribution in [3.05, 3.63) is 71.1 Å². The van der Waals surface area contributed by atoms with E-state index >= 15 is 0 Å². The van der Waals surface area contributed by atoms with Gasteiger partial charge in [-0.15, -0.1) is 0 Å². The molecule has 104 valence electrons. The van der Waals surface area contributed by atoms with Gasteiger partial charge in [-0.25, -0.2) is 0 Å². The van der Waals surface area contributed by atoms with Crippen LogP contribution in [0.4, 0.5) is 0 Å². The van der Waals surface area contributed by atoms with E-state index in [0.717, 1.165) is 17.0 Å². The van der Waals surface area contributed by atoms with E-state index in [4.69, 9.17) is 5.26 Å². The predicted molar refractivity (Wildman–Crippen MR) is 81.0 cm³/mol. The third-order valence-electron chi connectivity index (χ3n) is 2.83. The van der Waals surface area contributed by atoms with Gasteiger partial charge in [0.25, 0.3) is 0 Å². The van der Waals surface area contributed by atoms with E-state index in [0.29, 0.717) is 12.1 Å². The van der Waals surface area contributed by atoms with Crippen LogP contribution >= 0.6 is 0 Å². The van der Waals surface area contributed by atoms with Gasteiger partial charge in [-0.2, -0.15) is 5.26 Å². The first-order chi connectivity index (χ1) is 10.2. The first-order valence-corrected chi connectivity index (χ1v) is 6.56. The van der Waals surface area contributed by atoms with Crippen molar-refractivity contribution in [2.45, 2.75) is 13.5 Å². The normalized spacial score (nSPS) is 10.3. The van der Waals surface area contributed by atoms with Crippen molar-refractivity contribution < 1.29 is 4.79 Å². The molecule has 0 spiro atoms. The topological polar surface area (TPSA) is 65.8 Å². The van der Waals surface area contributed by atoms with Crippen molar-refractivity contribution in [1.29, 1.82) is 5.26 Å².